The molecule has 354 valence electrons. The molecule has 0 aliphatic rings. The lowest BCUT2D eigenvalue weighted by atomic mass is 9.93. The third-order valence-electron chi connectivity index (χ3n) is 11.5. The molecule has 0 atom stereocenters. The van der Waals surface area contributed by atoms with Crippen molar-refractivity contribution in [3.8, 4) is 11.1 Å². The van der Waals surface area contributed by atoms with Gasteiger partial charge in [-0.2, -0.15) is 26.3 Å². The van der Waals surface area contributed by atoms with Crippen LogP contribution in [0.4, 0.5) is 104 Å². The van der Waals surface area contributed by atoms with Gasteiger partial charge in [0, 0.05) is 44.3 Å². The Morgan fingerprint density at radius 3 is 0.929 bits per heavy atom. The van der Waals surface area contributed by atoms with Crippen LogP contribution in [0.5, 0.6) is 0 Å². The van der Waals surface area contributed by atoms with Crippen LogP contribution in [-0.2, 0) is 12.4 Å². The zero-order chi connectivity index (χ0) is 49.9. The monoisotopic (exact) mass is 984 g/mol. The molecule has 0 unspecified atom stereocenters. The van der Waals surface area contributed by atoms with E-state index >= 15 is 43.9 Å². The molecule has 2 aromatic heterocycles. The van der Waals surface area contributed by atoms with Crippen molar-refractivity contribution in [1.82, 2.24) is 0 Å². The lowest BCUT2D eigenvalue weighted by molar-refractivity contribution is -0.139. The number of anilines is 6. The van der Waals surface area contributed by atoms with Crippen molar-refractivity contribution in [2.24, 2.45) is 0 Å². The molecule has 0 N–H and O–H groups in total. The van der Waals surface area contributed by atoms with Gasteiger partial charge in [-0.15, -0.1) is 0 Å². The van der Waals surface area contributed by atoms with Gasteiger partial charge >= 0.3 is 12.4 Å². The molecule has 8 aromatic carbocycles. The maximum Gasteiger partial charge on any atom is 0.417 e. The van der Waals surface area contributed by atoms with Crippen LogP contribution in [0.15, 0.2) is 130 Å². The van der Waals surface area contributed by atoms with Crippen LogP contribution in [0.3, 0.4) is 0 Å². The molecule has 10 aromatic rings. The van der Waals surface area contributed by atoms with Gasteiger partial charge < -0.3 is 18.6 Å². The molecular formula is C50H20F16N2O2. The maximum atomic E-state index is 15.7. The Kier molecular flexibility index (Phi) is 10.6. The molecular weight excluding hydrogens is 965 g/mol. The van der Waals surface area contributed by atoms with E-state index < -0.39 is 127 Å². The number of fused-ring (bicyclic) bond motifs is 6. The average molecular weight is 985 g/mol. The number of furan rings is 2. The Morgan fingerprint density at radius 2 is 0.586 bits per heavy atom. The first-order chi connectivity index (χ1) is 33.1. The molecule has 0 bridgehead atoms. The Labute approximate surface area is 380 Å². The highest BCUT2D eigenvalue weighted by Gasteiger charge is 2.41. The lowest BCUT2D eigenvalue weighted by Crippen LogP contribution is -2.19. The van der Waals surface area contributed by atoms with E-state index in [4.69, 9.17) is 8.83 Å². The minimum atomic E-state index is -5.68. The van der Waals surface area contributed by atoms with Crippen molar-refractivity contribution in [1.29, 1.82) is 0 Å². The second-order valence-electron chi connectivity index (χ2n) is 15.5. The highest BCUT2D eigenvalue weighted by atomic mass is 19.4. The maximum absolute atomic E-state index is 15.7. The molecule has 0 saturated carbocycles. The summed E-state index contributed by atoms with van der Waals surface area (Å²) in [5.41, 5.74) is -12.4. The fraction of sp³-hybridized carbons (Fsp3) is 0.0400. The molecule has 10 rings (SSSR count). The van der Waals surface area contributed by atoms with E-state index in [1.54, 1.807) is 24.3 Å². The number of benzene rings is 8. The SMILES string of the molecule is Fc1c(F)c(F)c(N(c2ccc(-c3ccc(N(c4ccc5oc6ccccc6c5c4)c4c(F)c(F)c(F)c(F)c4F)cc3C(F)(F)F)c(C(F)(F)F)c2)c2ccc3oc4ccccc4c3c2)c(F)c1F. The van der Waals surface area contributed by atoms with Gasteiger partial charge in [0.25, 0.3) is 0 Å². The quantitative estimate of drug-likeness (QED) is 0.0905. The van der Waals surface area contributed by atoms with Crippen molar-refractivity contribution in [2.45, 2.75) is 12.4 Å². The summed E-state index contributed by atoms with van der Waals surface area (Å²) in [5, 5.41) is 1.01. The number of halogens is 16. The Hall–Kier alpha value is -8.16. The van der Waals surface area contributed by atoms with Crippen LogP contribution < -0.4 is 9.80 Å². The molecule has 0 aliphatic heterocycles. The zero-order valence-electron chi connectivity index (χ0n) is 34.3. The Bertz CT molecular complexity index is 3500. The summed E-state index contributed by atoms with van der Waals surface area (Å²) in [6.45, 7) is 0. The van der Waals surface area contributed by atoms with E-state index in [0.29, 0.717) is 35.0 Å². The predicted molar refractivity (Wildman–Crippen MR) is 225 cm³/mol. The van der Waals surface area contributed by atoms with Crippen LogP contribution in [0.1, 0.15) is 11.1 Å². The molecule has 0 radical (unpaired) electrons. The summed E-state index contributed by atoms with van der Waals surface area (Å²) in [5.74, 6) is -25.2. The van der Waals surface area contributed by atoms with Crippen LogP contribution in [-0.4, -0.2) is 0 Å². The topological polar surface area (TPSA) is 32.8 Å². The van der Waals surface area contributed by atoms with Crippen LogP contribution >= 0.6 is 0 Å². The van der Waals surface area contributed by atoms with Crippen molar-refractivity contribution < 1.29 is 79.1 Å². The number of alkyl halides is 6. The van der Waals surface area contributed by atoms with Crippen molar-refractivity contribution in [3.63, 3.8) is 0 Å². The number of hydrogen-bond donors (Lipinski definition) is 0. The van der Waals surface area contributed by atoms with E-state index in [1.165, 1.54) is 36.4 Å². The highest BCUT2D eigenvalue weighted by molar-refractivity contribution is 6.07. The number of para-hydroxylation sites is 2. The summed E-state index contributed by atoms with van der Waals surface area (Å²) < 4.78 is 254. The van der Waals surface area contributed by atoms with Crippen LogP contribution in [0, 0.1) is 58.2 Å². The van der Waals surface area contributed by atoms with Gasteiger partial charge in [0.2, 0.25) is 11.6 Å². The number of hydrogen-bond acceptors (Lipinski definition) is 4. The largest absolute Gasteiger partial charge is 0.456 e. The first-order valence-corrected chi connectivity index (χ1v) is 20.0. The molecule has 0 amide bonds. The molecule has 0 spiro atoms. The second kappa shape index (κ2) is 16.2. The molecule has 20 heteroatoms. The standard InChI is InChI=1S/C50H20F16N2O2/c51-37-39(53)43(57)47(44(58)40(37)54)67(21-11-15-35-29(17-21)27-5-1-3-7-33(27)69-35)23-9-13-25(31(19-23)49(61,62)63)26-14-10-24(20-32(26)50(64,65)66)68(48-45(59)41(55)38(52)42(56)46(48)60)22-12-16-36-30(18-22)28-6-2-4-8-34(28)70-36/h1-20H. The summed E-state index contributed by atoms with van der Waals surface area (Å²) in [6, 6.07) is 21.1. The first kappa shape index (κ1) is 45.6. The number of nitrogens with zero attached hydrogens (tertiary/aromatic N) is 2. The molecule has 0 fully saturated rings. The van der Waals surface area contributed by atoms with Gasteiger partial charge in [-0.3, -0.25) is 0 Å². The third kappa shape index (κ3) is 7.18. The van der Waals surface area contributed by atoms with Crippen LogP contribution in [0.25, 0.3) is 55.0 Å². The molecule has 0 saturated heterocycles. The normalized spacial score (nSPS) is 12.3. The third-order valence-corrected chi connectivity index (χ3v) is 11.5. The van der Waals surface area contributed by atoms with Crippen molar-refractivity contribution in [3.05, 3.63) is 191 Å². The van der Waals surface area contributed by atoms with E-state index in [1.807, 2.05) is 0 Å². The summed E-state index contributed by atoms with van der Waals surface area (Å²) in [6.07, 6.45) is -11.4. The van der Waals surface area contributed by atoms with Gasteiger partial charge in [-0.1, -0.05) is 48.5 Å². The lowest BCUT2D eigenvalue weighted by Gasteiger charge is -2.29. The Balaban J connectivity index is 1.20. The van der Waals surface area contributed by atoms with E-state index in [0.717, 1.165) is 24.3 Å². The second-order valence-corrected chi connectivity index (χ2v) is 15.5. The van der Waals surface area contributed by atoms with E-state index in [2.05, 4.69) is 0 Å². The predicted octanol–water partition coefficient (Wildman–Crippen LogP) is 17.5. The molecule has 0 aliphatic carbocycles. The minimum absolute atomic E-state index is 0.0880. The summed E-state index contributed by atoms with van der Waals surface area (Å²) >= 11 is 0. The zero-order valence-corrected chi connectivity index (χ0v) is 34.3. The first-order valence-electron chi connectivity index (χ1n) is 20.0. The van der Waals surface area contributed by atoms with Crippen molar-refractivity contribution in [2.75, 3.05) is 9.80 Å². The molecule has 2 heterocycles. The molecule has 70 heavy (non-hydrogen) atoms. The fourth-order valence-corrected chi connectivity index (χ4v) is 8.38. The van der Waals surface area contributed by atoms with Crippen LogP contribution in [0.2, 0.25) is 0 Å². The minimum Gasteiger partial charge on any atom is -0.456 e. The average Bonchev–Trinajstić information content (AvgIpc) is 3.91. The Morgan fingerprint density at radius 1 is 0.300 bits per heavy atom. The van der Waals surface area contributed by atoms with Crippen molar-refractivity contribution >= 4 is 78.0 Å². The van der Waals surface area contributed by atoms with E-state index in [-0.39, 0.29) is 55.0 Å². The van der Waals surface area contributed by atoms with Gasteiger partial charge in [-0.25, -0.2) is 43.9 Å². The van der Waals surface area contributed by atoms with Gasteiger partial charge in [0.1, 0.15) is 33.7 Å². The molecule has 4 nitrogen and oxygen atoms in total. The summed E-state index contributed by atoms with van der Waals surface area (Å²) in [4.78, 5) is 0.457. The van der Waals surface area contributed by atoms with Gasteiger partial charge in [0.05, 0.1) is 11.1 Å². The summed E-state index contributed by atoms with van der Waals surface area (Å²) in [7, 11) is 0. The fourth-order valence-electron chi connectivity index (χ4n) is 8.38. The number of rotatable bonds is 7. The van der Waals surface area contributed by atoms with Gasteiger partial charge in [-0.05, 0) is 83.9 Å². The highest BCUT2D eigenvalue weighted by Crippen LogP contribution is 2.50. The smallest absolute Gasteiger partial charge is 0.417 e. The van der Waals surface area contributed by atoms with Gasteiger partial charge in [0.15, 0.2) is 46.5 Å². The van der Waals surface area contributed by atoms with E-state index in [9.17, 15) is 26.3 Å².